The van der Waals surface area contributed by atoms with Gasteiger partial charge in [-0.2, -0.15) is 0 Å². The molecule has 0 fully saturated rings. The topological polar surface area (TPSA) is 24.9 Å². The number of hydrogen-bond donors (Lipinski definition) is 1. The Bertz CT molecular complexity index is 237. The van der Waals surface area contributed by atoms with Crippen LogP contribution < -0.4 is 5.32 Å². The first-order valence-corrected chi connectivity index (χ1v) is 4.14. The minimum absolute atomic E-state index is 0. The van der Waals surface area contributed by atoms with Crippen molar-refractivity contribution in [1.82, 2.24) is 10.3 Å². The van der Waals surface area contributed by atoms with Gasteiger partial charge in [0.2, 0.25) is 0 Å². The van der Waals surface area contributed by atoms with Crippen LogP contribution in [0.5, 0.6) is 0 Å². The second-order valence-corrected chi connectivity index (χ2v) is 2.58. The fourth-order valence-electron chi connectivity index (χ4n) is 0.922. The van der Waals surface area contributed by atoms with Gasteiger partial charge in [0, 0.05) is 12.4 Å². The number of halogens is 2. The molecule has 14 heavy (non-hydrogen) atoms. The maximum absolute atomic E-state index is 4.02. The average Bonchev–Trinajstić information content (AvgIpc) is 2.14. The molecule has 0 unspecified atom stereocenters. The van der Waals surface area contributed by atoms with Crippen molar-refractivity contribution in [3.05, 3.63) is 36.2 Å². The van der Waals surface area contributed by atoms with Crippen molar-refractivity contribution in [2.75, 3.05) is 13.6 Å². The molecule has 0 atom stereocenters. The first-order valence-electron chi connectivity index (χ1n) is 4.14. The van der Waals surface area contributed by atoms with E-state index in [1.54, 1.807) is 6.20 Å². The zero-order valence-corrected chi connectivity index (χ0v) is 9.78. The quantitative estimate of drug-likeness (QED) is 0.811. The summed E-state index contributed by atoms with van der Waals surface area (Å²) in [7, 11) is 1.96. The molecule has 1 N–H and O–H groups in total. The lowest BCUT2D eigenvalue weighted by atomic mass is 10.2. The molecule has 0 radical (unpaired) electrons. The van der Waals surface area contributed by atoms with Gasteiger partial charge in [0.1, 0.15) is 0 Å². The van der Waals surface area contributed by atoms with E-state index in [1.165, 1.54) is 0 Å². The molecule has 2 nitrogen and oxygen atoms in total. The summed E-state index contributed by atoms with van der Waals surface area (Å²) in [6.45, 7) is 1.02. The Morgan fingerprint density at radius 1 is 1.43 bits per heavy atom. The van der Waals surface area contributed by atoms with Crippen LogP contribution in [0.3, 0.4) is 0 Å². The summed E-state index contributed by atoms with van der Waals surface area (Å²) in [4.78, 5) is 4.02. The summed E-state index contributed by atoms with van der Waals surface area (Å²) in [5.41, 5.74) is 1.16. The summed E-state index contributed by atoms with van der Waals surface area (Å²) >= 11 is 0. The van der Waals surface area contributed by atoms with E-state index in [2.05, 4.69) is 22.5 Å². The summed E-state index contributed by atoms with van der Waals surface area (Å²) in [6, 6.07) is 3.99. The van der Waals surface area contributed by atoms with Crippen LogP contribution in [0, 0.1) is 0 Å². The second kappa shape index (κ2) is 10.5. The van der Waals surface area contributed by atoms with E-state index in [9.17, 15) is 0 Å². The van der Waals surface area contributed by atoms with E-state index >= 15 is 0 Å². The average molecular weight is 235 g/mol. The second-order valence-electron chi connectivity index (χ2n) is 2.58. The predicted molar refractivity (Wildman–Crippen MR) is 66.3 cm³/mol. The number of aromatic nitrogens is 1. The van der Waals surface area contributed by atoms with Crippen LogP contribution in [0.4, 0.5) is 0 Å². The smallest absolute Gasteiger partial charge is 0.0340 e. The Kier molecular flexibility index (Phi) is 11.9. The highest BCUT2D eigenvalue weighted by molar-refractivity contribution is 5.85. The number of hydrogen-bond acceptors (Lipinski definition) is 2. The molecule has 0 aliphatic rings. The van der Waals surface area contributed by atoms with Gasteiger partial charge < -0.3 is 5.32 Å². The van der Waals surface area contributed by atoms with Gasteiger partial charge in [-0.3, -0.25) is 4.98 Å². The molecule has 0 saturated carbocycles. The Morgan fingerprint density at radius 2 is 2.21 bits per heavy atom. The minimum Gasteiger partial charge on any atom is -0.319 e. The number of nitrogens with one attached hydrogen (secondary N) is 1. The van der Waals surface area contributed by atoms with Crippen molar-refractivity contribution >= 4 is 30.9 Å². The molecule has 0 amide bonds. The Hall–Kier alpha value is -0.570. The highest BCUT2D eigenvalue weighted by Gasteiger charge is 1.82. The number of nitrogens with zero attached hydrogens (tertiary/aromatic N) is 1. The van der Waals surface area contributed by atoms with Crippen molar-refractivity contribution in [2.24, 2.45) is 0 Å². The van der Waals surface area contributed by atoms with Crippen molar-refractivity contribution in [3.8, 4) is 0 Å². The van der Waals surface area contributed by atoms with Crippen LogP contribution in [-0.2, 0) is 0 Å². The lowest BCUT2D eigenvalue weighted by Gasteiger charge is -1.92. The zero-order chi connectivity index (χ0) is 8.65. The fourth-order valence-corrected chi connectivity index (χ4v) is 0.922. The van der Waals surface area contributed by atoms with Crippen LogP contribution in [0.15, 0.2) is 30.6 Å². The van der Waals surface area contributed by atoms with Crippen molar-refractivity contribution < 1.29 is 0 Å². The standard InChI is InChI=1S/C10H14N2.2ClH/c1-11-7-3-2-5-10-6-4-8-12-9-10;;/h2,4-6,8-9,11H,3,7H2,1H3;2*1H/b5-2-;;. The fraction of sp³-hybridized carbons (Fsp3) is 0.300. The van der Waals surface area contributed by atoms with Crippen molar-refractivity contribution in [3.63, 3.8) is 0 Å². The van der Waals surface area contributed by atoms with Crippen LogP contribution in [0.25, 0.3) is 6.08 Å². The lowest BCUT2D eigenvalue weighted by Crippen LogP contribution is -2.05. The summed E-state index contributed by atoms with van der Waals surface area (Å²) < 4.78 is 0. The van der Waals surface area contributed by atoms with Gasteiger partial charge >= 0.3 is 0 Å². The maximum Gasteiger partial charge on any atom is 0.0340 e. The Balaban J connectivity index is 0. The molecule has 0 spiro atoms. The van der Waals surface area contributed by atoms with Gasteiger partial charge in [-0.1, -0.05) is 18.2 Å². The predicted octanol–water partition coefficient (Wildman–Crippen LogP) is 2.55. The third-order valence-electron chi connectivity index (χ3n) is 1.56. The van der Waals surface area contributed by atoms with Crippen LogP contribution in [-0.4, -0.2) is 18.6 Å². The van der Waals surface area contributed by atoms with Crippen LogP contribution in [0.1, 0.15) is 12.0 Å². The molecule has 0 aromatic carbocycles. The van der Waals surface area contributed by atoms with Crippen LogP contribution >= 0.6 is 24.8 Å². The normalized spacial score (nSPS) is 9.21. The number of rotatable bonds is 4. The third kappa shape index (κ3) is 6.89. The van der Waals surface area contributed by atoms with Gasteiger partial charge in [0.05, 0.1) is 0 Å². The summed E-state index contributed by atoms with van der Waals surface area (Å²) in [5, 5.41) is 3.09. The molecule has 80 valence electrons. The molecule has 4 heteroatoms. The Labute approximate surface area is 97.6 Å². The van der Waals surface area contributed by atoms with Crippen molar-refractivity contribution in [2.45, 2.75) is 6.42 Å². The van der Waals surface area contributed by atoms with Gasteiger partial charge in [-0.15, -0.1) is 24.8 Å². The highest BCUT2D eigenvalue weighted by Crippen LogP contribution is 1.98. The van der Waals surface area contributed by atoms with E-state index in [0.717, 1.165) is 18.5 Å². The molecule has 0 aliphatic carbocycles. The van der Waals surface area contributed by atoms with Gasteiger partial charge in [0.15, 0.2) is 0 Å². The van der Waals surface area contributed by atoms with E-state index in [4.69, 9.17) is 0 Å². The highest BCUT2D eigenvalue weighted by atomic mass is 35.5. The van der Waals surface area contributed by atoms with E-state index < -0.39 is 0 Å². The first kappa shape index (κ1) is 15.9. The summed E-state index contributed by atoms with van der Waals surface area (Å²) in [6.07, 6.45) is 8.93. The molecule has 1 heterocycles. The Morgan fingerprint density at radius 3 is 2.79 bits per heavy atom. The molecular formula is C10H16Cl2N2. The molecule has 0 aliphatic heterocycles. The van der Waals surface area contributed by atoms with E-state index in [0.29, 0.717) is 0 Å². The third-order valence-corrected chi connectivity index (χ3v) is 1.56. The molecule has 1 aromatic heterocycles. The molecular weight excluding hydrogens is 219 g/mol. The molecule has 1 rings (SSSR count). The van der Waals surface area contributed by atoms with E-state index in [-0.39, 0.29) is 24.8 Å². The molecule has 0 saturated heterocycles. The minimum atomic E-state index is 0. The molecule has 0 bridgehead atoms. The van der Waals surface area contributed by atoms with Crippen LogP contribution in [0.2, 0.25) is 0 Å². The largest absolute Gasteiger partial charge is 0.319 e. The maximum atomic E-state index is 4.02. The monoisotopic (exact) mass is 234 g/mol. The van der Waals surface area contributed by atoms with E-state index in [1.807, 2.05) is 25.4 Å². The first-order chi connectivity index (χ1) is 5.93. The molecule has 1 aromatic rings. The van der Waals surface area contributed by atoms with Gasteiger partial charge in [-0.05, 0) is 31.6 Å². The zero-order valence-electron chi connectivity index (χ0n) is 8.14. The lowest BCUT2D eigenvalue weighted by molar-refractivity contribution is 0.809. The number of pyridine rings is 1. The van der Waals surface area contributed by atoms with Crippen molar-refractivity contribution in [1.29, 1.82) is 0 Å². The van der Waals surface area contributed by atoms with Gasteiger partial charge in [-0.25, -0.2) is 0 Å². The summed E-state index contributed by atoms with van der Waals surface area (Å²) in [5.74, 6) is 0. The SMILES string of the molecule is CNCC/C=C\c1cccnc1.Cl.Cl. The van der Waals surface area contributed by atoms with Gasteiger partial charge in [0.25, 0.3) is 0 Å².